The van der Waals surface area contributed by atoms with E-state index in [2.05, 4.69) is 24.5 Å². The fourth-order valence-corrected chi connectivity index (χ4v) is 1.76. The molecule has 0 aromatic heterocycles. The molecule has 17 heavy (non-hydrogen) atoms. The molecule has 2 nitrogen and oxygen atoms in total. The van der Waals surface area contributed by atoms with Crippen LogP contribution in [0.5, 0.6) is 0 Å². The topological polar surface area (TPSA) is 28.2 Å². The molecule has 106 valence electrons. The van der Waals surface area contributed by atoms with Gasteiger partial charge in [0.25, 0.3) is 0 Å². The standard InChI is InChI=1S/2C6H12N.2ClH.Pt/c2*1-6-2-4-7-5-3-6;;;/h2*6H,2-5H2,1H3;2*1H;/q2*-1;;;+4/p-2. The number of halogens is 2. The summed E-state index contributed by atoms with van der Waals surface area (Å²) in [6.45, 7) is 9.05. The molecule has 0 bridgehead atoms. The van der Waals surface area contributed by atoms with Gasteiger partial charge in [-0.1, -0.05) is 39.5 Å². The second-order valence-corrected chi connectivity index (χ2v) is 4.71. The third-order valence-corrected chi connectivity index (χ3v) is 3.12. The molecule has 0 unspecified atom stereocenters. The van der Waals surface area contributed by atoms with E-state index in [0.717, 1.165) is 38.0 Å². The van der Waals surface area contributed by atoms with Crippen LogP contribution >= 0.6 is 0 Å². The Morgan fingerprint density at radius 1 is 0.647 bits per heavy atom. The van der Waals surface area contributed by atoms with Gasteiger partial charge in [-0.3, -0.25) is 0 Å². The first kappa shape index (κ1) is 23.3. The van der Waals surface area contributed by atoms with E-state index >= 15 is 0 Å². The molecule has 5 heteroatoms. The molecule has 2 saturated heterocycles. The van der Waals surface area contributed by atoms with Crippen LogP contribution in [0.15, 0.2) is 0 Å². The molecule has 0 radical (unpaired) electrons. The van der Waals surface area contributed by atoms with Gasteiger partial charge >= 0.3 is 21.1 Å². The van der Waals surface area contributed by atoms with Crippen molar-refractivity contribution in [1.82, 2.24) is 0 Å². The van der Waals surface area contributed by atoms with E-state index < -0.39 is 0 Å². The fraction of sp³-hybridized carbons (Fsp3) is 1.00. The zero-order chi connectivity index (χ0) is 10.2. The summed E-state index contributed by atoms with van der Waals surface area (Å²) in [6.07, 6.45) is 5.28. The van der Waals surface area contributed by atoms with Crippen LogP contribution in [0, 0.1) is 11.8 Å². The average Bonchev–Trinajstić information content (AvgIpc) is 2.21. The van der Waals surface area contributed by atoms with Crippen LogP contribution in [0.25, 0.3) is 10.6 Å². The van der Waals surface area contributed by atoms with Crippen LogP contribution < -0.4 is 24.8 Å². The summed E-state index contributed by atoms with van der Waals surface area (Å²) in [6, 6.07) is 0. The Morgan fingerprint density at radius 3 is 1.00 bits per heavy atom. The van der Waals surface area contributed by atoms with Gasteiger partial charge < -0.3 is 35.4 Å². The molecule has 0 aromatic rings. The van der Waals surface area contributed by atoms with Gasteiger partial charge in [-0.15, -0.1) is 26.2 Å². The summed E-state index contributed by atoms with van der Waals surface area (Å²) in [5.41, 5.74) is 0. The summed E-state index contributed by atoms with van der Waals surface area (Å²) in [7, 11) is 0. The largest absolute Gasteiger partial charge is 4.00 e. The average molecular weight is 462 g/mol. The van der Waals surface area contributed by atoms with Crippen molar-refractivity contribution in [2.75, 3.05) is 26.2 Å². The van der Waals surface area contributed by atoms with Gasteiger partial charge in [0, 0.05) is 0 Å². The third-order valence-electron chi connectivity index (χ3n) is 3.12. The van der Waals surface area contributed by atoms with E-state index in [9.17, 15) is 0 Å². The molecular formula is C12H24Cl2N2Pt. The van der Waals surface area contributed by atoms with Gasteiger partial charge in [-0.05, 0) is 11.8 Å². The van der Waals surface area contributed by atoms with Crippen LogP contribution in [0.4, 0.5) is 0 Å². The van der Waals surface area contributed by atoms with Crippen LogP contribution in [0.2, 0.25) is 0 Å². The van der Waals surface area contributed by atoms with Gasteiger partial charge in [0.1, 0.15) is 0 Å². The SMILES string of the molecule is CC1CC[N-]CC1.CC1CC[N-]CC1.[Cl-].[Cl-].[Pt+4]. The molecule has 2 rings (SSSR count). The van der Waals surface area contributed by atoms with Crippen molar-refractivity contribution in [3.8, 4) is 0 Å². The Kier molecular flexibility index (Phi) is 20.9. The van der Waals surface area contributed by atoms with E-state index in [1.54, 1.807) is 0 Å². The van der Waals surface area contributed by atoms with Gasteiger partial charge in [0.15, 0.2) is 0 Å². The molecule has 2 aliphatic rings. The smallest absolute Gasteiger partial charge is 1.00 e. The molecule has 0 spiro atoms. The molecule has 0 aromatic carbocycles. The molecular weight excluding hydrogens is 438 g/mol. The van der Waals surface area contributed by atoms with Crippen LogP contribution in [0.3, 0.4) is 0 Å². The van der Waals surface area contributed by atoms with Crippen molar-refractivity contribution in [3.05, 3.63) is 10.6 Å². The zero-order valence-electron chi connectivity index (χ0n) is 10.8. The van der Waals surface area contributed by atoms with Crippen LogP contribution in [-0.2, 0) is 21.1 Å². The van der Waals surface area contributed by atoms with E-state index in [1.807, 2.05) is 0 Å². The summed E-state index contributed by atoms with van der Waals surface area (Å²) in [5, 5.41) is 8.46. The number of rotatable bonds is 0. The van der Waals surface area contributed by atoms with Gasteiger partial charge in [0.2, 0.25) is 0 Å². The Bertz CT molecular complexity index is 122. The second kappa shape index (κ2) is 15.2. The molecule has 0 amide bonds. The minimum Gasteiger partial charge on any atom is -1.00 e. The third kappa shape index (κ3) is 13.4. The number of hydrogen-bond acceptors (Lipinski definition) is 0. The van der Waals surface area contributed by atoms with Crippen molar-refractivity contribution in [2.24, 2.45) is 11.8 Å². The van der Waals surface area contributed by atoms with Crippen molar-refractivity contribution in [1.29, 1.82) is 0 Å². The monoisotopic (exact) mass is 461 g/mol. The number of hydrogen-bond donors (Lipinski definition) is 0. The number of piperidine rings is 2. The first-order chi connectivity index (χ1) is 6.79. The molecule has 0 N–H and O–H groups in total. The van der Waals surface area contributed by atoms with E-state index in [1.165, 1.54) is 25.7 Å². The molecule has 0 atom stereocenters. The second-order valence-electron chi connectivity index (χ2n) is 4.71. The number of nitrogens with zero attached hydrogens (tertiary/aromatic N) is 2. The first-order valence-electron chi connectivity index (χ1n) is 6.05. The quantitative estimate of drug-likeness (QED) is 0.384. The van der Waals surface area contributed by atoms with E-state index in [-0.39, 0.29) is 45.9 Å². The fourth-order valence-electron chi connectivity index (χ4n) is 1.76. The minimum absolute atomic E-state index is 0. The van der Waals surface area contributed by atoms with Crippen molar-refractivity contribution in [2.45, 2.75) is 39.5 Å². The summed E-state index contributed by atoms with van der Waals surface area (Å²) in [4.78, 5) is 0. The Balaban J connectivity index is -0.000000196. The van der Waals surface area contributed by atoms with Crippen LogP contribution in [0.1, 0.15) is 39.5 Å². The van der Waals surface area contributed by atoms with Gasteiger partial charge in [-0.2, -0.15) is 0 Å². The Morgan fingerprint density at radius 2 is 0.882 bits per heavy atom. The minimum atomic E-state index is 0. The van der Waals surface area contributed by atoms with Crippen molar-refractivity contribution in [3.63, 3.8) is 0 Å². The van der Waals surface area contributed by atoms with E-state index in [0.29, 0.717) is 0 Å². The zero-order valence-corrected chi connectivity index (χ0v) is 14.6. The predicted octanol–water partition coefficient (Wildman–Crippen LogP) is -2.41. The van der Waals surface area contributed by atoms with E-state index in [4.69, 9.17) is 0 Å². The molecule has 2 fully saturated rings. The molecule has 2 heterocycles. The summed E-state index contributed by atoms with van der Waals surface area (Å²) >= 11 is 0. The van der Waals surface area contributed by atoms with Gasteiger partial charge in [-0.25, -0.2) is 0 Å². The Hall–Kier alpha value is 1.19. The van der Waals surface area contributed by atoms with Gasteiger partial charge in [0.05, 0.1) is 0 Å². The normalized spacial score (nSPS) is 20.8. The molecule has 0 aliphatic carbocycles. The van der Waals surface area contributed by atoms with Crippen molar-refractivity contribution >= 4 is 0 Å². The van der Waals surface area contributed by atoms with Crippen molar-refractivity contribution < 1.29 is 45.9 Å². The maximum Gasteiger partial charge on any atom is 4.00 e. The maximum atomic E-state index is 4.23. The predicted molar refractivity (Wildman–Crippen MR) is 63.0 cm³/mol. The first-order valence-corrected chi connectivity index (χ1v) is 6.05. The maximum absolute atomic E-state index is 4.23. The summed E-state index contributed by atoms with van der Waals surface area (Å²) < 4.78 is 0. The molecule has 0 saturated carbocycles. The molecule has 2 aliphatic heterocycles. The van der Waals surface area contributed by atoms with Crippen LogP contribution in [-0.4, -0.2) is 26.2 Å². The summed E-state index contributed by atoms with van der Waals surface area (Å²) in [5.74, 6) is 1.88. The Labute approximate surface area is 134 Å².